The maximum absolute atomic E-state index is 12.3. The first-order valence-electron chi connectivity index (χ1n) is 9.53. The van der Waals surface area contributed by atoms with Gasteiger partial charge in [-0.15, -0.1) is 0 Å². The van der Waals surface area contributed by atoms with Crippen molar-refractivity contribution in [3.63, 3.8) is 0 Å². The molecule has 1 aromatic carbocycles. The highest BCUT2D eigenvalue weighted by Crippen LogP contribution is 2.38. The lowest BCUT2D eigenvalue weighted by atomic mass is 9.77. The van der Waals surface area contributed by atoms with E-state index >= 15 is 0 Å². The maximum atomic E-state index is 12.3. The molecule has 1 aliphatic heterocycles. The molecule has 1 saturated carbocycles. The lowest BCUT2D eigenvalue weighted by molar-refractivity contribution is -0.0498. The van der Waals surface area contributed by atoms with Crippen LogP contribution in [0.4, 0.5) is 14.6 Å². The second kappa shape index (κ2) is 8.36. The van der Waals surface area contributed by atoms with Crippen LogP contribution in [-0.2, 0) is 6.54 Å². The van der Waals surface area contributed by atoms with Crippen molar-refractivity contribution in [2.45, 2.75) is 38.1 Å². The summed E-state index contributed by atoms with van der Waals surface area (Å²) in [5, 5.41) is 13.9. The van der Waals surface area contributed by atoms with Crippen molar-refractivity contribution >= 4 is 5.82 Å². The van der Waals surface area contributed by atoms with Crippen molar-refractivity contribution in [2.75, 3.05) is 18.4 Å². The molecular weight excluding hydrogens is 366 g/mol. The molecule has 0 unspecified atom stereocenters. The molecule has 1 saturated heterocycles. The number of nitrogens with one attached hydrogen (secondary N) is 1. The average molecular weight is 390 g/mol. The molecule has 0 spiro atoms. The fourth-order valence-electron chi connectivity index (χ4n) is 4.41. The lowest BCUT2D eigenvalue weighted by Gasteiger charge is -2.35. The van der Waals surface area contributed by atoms with E-state index in [2.05, 4.69) is 24.9 Å². The molecule has 150 valence electrons. The number of rotatable bonds is 6. The summed E-state index contributed by atoms with van der Waals surface area (Å²) in [4.78, 5) is 10.7. The van der Waals surface area contributed by atoms with Crippen LogP contribution in [0.1, 0.15) is 18.4 Å². The largest absolute Gasteiger partial charge is 0.435 e. The fraction of sp³-hybridized carbons (Fsp3) is 0.500. The number of likely N-dealkylation sites (tertiary alicyclic amines) is 1. The van der Waals surface area contributed by atoms with Crippen molar-refractivity contribution in [3.8, 4) is 5.75 Å². The Morgan fingerprint density at radius 1 is 1.14 bits per heavy atom. The van der Waals surface area contributed by atoms with Gasteiger partial charge in [0, 0.05) is 32.0 Å². The molecule has 1 aromatic heterocycles. The fourth-order valence-corrected chi connectivity index (χ4v) is 4.41. The minimum Gasteiger partial charge on any atom is -0.435 e. The first-order valence-corrected chi connectivity index (χ1v) is 9.53. The summed E-state index contributed by atoms with van der Waals surface area (Å²) in [5.41, 5.74) is 1.06. The first kappa shape index (κ1) is 19.0. The Morgan fingerprint density at radius 3 is 2.57 bits per heavy atom. The van der Waals surface area contributed by atoms with Crippen LogP contribution in [0.15, 0.2) is 42.9 Å². The Bertz CT molecular complexity index is 763. The summed E-state index contributed by atoms with van der Waals surface area (Å²) >= 11 is 0. The van der Waals surface area contributed by atoms with E-state index in [0.717, 1.165) is 38.0 Å². The van der Waals surface area contributed by atoms with Gasteiger partial charge >= 0.3 is 6.61 Å². The van der Waals surface area contributed by atoms with Gasteiger partial charge in [-0.1, -0.05) is 12.1 Å². The molecule has 4 atom stereocenters. The van der Waals surface area contributed by atoms with E-state index in [1.54, 1.807) is 30.7 Å². The molecule has 1 aliphatic carbocycles. The number of hydrogen-bond donors (Lipinski definition) is 2. The summed E-state index contributed by atoms with van der Waals surface area (Å²) in [5.74, 6) is 1.84. The van der Waals surface area contributed by atoms with Crippen molar-refractivity contribution in [1.29, 1.82) is 0 Å². The summed E-state index contributed by atoms with van der Waals surface area (Å²) in [6, 6.07) is 6.79. The van der Waals surface area contributed by atoms with E-state index in [0.29, 0.717) is 17.7 Å². The van der Waals surface area contributed by atoms with Crippen molar-refractivity contribution in [3.05, 3.63) is 48.4 Å². The number of halogens is 2. The smallest absolute Gasteiger partial charge is 0.387 e. The number of aliphatic hydroxyl groups is 1. The standard InChI is InChI=1S/C20H24F2N4O2/c21-20(22)28-16-3-1-13(2-4-16)10-26-11-14-7-17(18(27)8-15(14)12-26)25-19-9-23-5-6-24-19/h1-6,9,14-15,17-18,20,27H,7-8,10-12H2,(H,24,25)/t14-,15+,17-,18-/m1/s1. The Kier molecular flexibility index (Phi) is 5.68. The number of benzene rings is 1. The maximum Gasteiger partial charge on any atom is 0.387 e. The molecule has 0 bridgehead atoms. The van der Waals surface area contributed by atoms with Gasteiger partial charge in [0.15, 0.2) is 0 Å². The number of nitrogens with zero attached hydrogens (tertiary/aromatic N) is 3. The number of alkyl halides is 2. The van der Waals surface area contributed by atoms with Crippen LogP contribution in [0.25, 0.3) is 0 Å². The minimum absolute atomic E-state index is 0.0244. The molecule has 8 heteroatoms. The van der Waals surface area contributed by atoms with E-state index in [4.69, 9.17) is 0 Å². The molecule has 2 N–H and O–H groups in total. The molecular formula is C20H24F2N4O2. The van der Waals surface area contributed by atoms with Crippen molar-refractivity contribution < 1.29 is 18.6 Å². The van der Waals surface area contributed by atoms with E-state index in [-0.39, 0.29) is 11.8 Å². The van der Waals surface area contributed by atoms with Crippen LogP contribution >= 0.6 is 0 Å². The zero-order valence-corrected chi connectivity index (χ0v) is 15.4. The van der Waals surface area contributed by atoms with Gasteiger partial charge in [0.25, 0.3) is 0 Å². The SMILES string of the molecule is O[C@@H]1C[C@H]2CN(Cc3ccc(OC(F)F)cc3)C[C@H]2C[C@H]1Nc1cnccn1. The second-order valence-electron chi connectivity index (χ2n) is 7.62. The second-order valence-corrected chi connectivity index (χ2v) is 7.62. The molecule has 2 fully saturated rings. The van der Waals surface area contributed by atoms with Gasteiger partial charge in [-0.05, 0) is 42.4 Å². The van der Waals surface area contributed by atoms with Gasteiger partial charge in [-0.3, -0.25) is 9.88 Å². The number of aliphatic hydroxyl groups excluding tert-OH is 1. The van der Waals surface area contributed by atoms with Gasteiger partial charge in [-0.25, -0.2) is 4.98 Å². The van der Waals surface area contributed by atoms with Gasteiger partial charge in [0.05, 0.1) is 18.3 Å². The molecule has 6 nitrogen and oxygen atoms in total. The molecule has 0 amide bonds. The van der Waals surface area contributed by atoms with Gasteiger partial charge < -0.3 is 15.2 Å². The monoisotopic (exact) mass is 390 g/mol. The highest BCUT2D eigenvalue weighted by molar-refractivity contribution is 5.32. The third-order valence-electron chi connectivity index (χ3n) is 5.67. The molecule has 4 rings (SSSR count). The Balaban J connectivity index is 1.33. The van der Waals surface area contributed by atoms with E-state index in [9.17, 15) is 13.9 Å². The van der Waals surface area contributed by atoms with Crippen LogP contribution in [0.5, 0.6) is 5.75 Å². The quantitative estimate of drug-likeness (QED) is 0.791. The summed E-state index contributed by atoms with van der Waals surface area (Å²) in [6.45, 7) is -0.136. The normalized spacial score (nSPS) is 27.6. The molecule has 2 aromatic rings. The van der Waals surface area contributed by atoms with Crippen LogP contribution in [0.3, 0.4) is 0 Å². The number of aromatic nitrogens is 2. The number of anilines is 1. The number of hydrogen-bond acceptors (Lipinski definition) is 6. The van der Waals surface area contributed by atoms with Crippen LogP contribution in [0, 0.1) is 11.8 Å². The predicted octanol–water partition coefficient (Wildman–Crippen LogP) is 2.76. The van der Waals surface area contributed by atoms with Crippen molar-refractivity contribution in [1.82, 2.24) is 14.9 Å². The molecule has 2 heterocycles. The first-order chi connectivity index (χ1) is 13.6. The summed E-state index contributed by atoms with van der Waals surface area (Å²) in [7, 11) is 0. The van der Waals surface area contributed by atoms with Crippen LogP contribution < -0.4 is 10.1 Å². The van der Waals surface area contributed by atoms with Crippen molar-refractivity contribution in [2.24, 2.45) is 11.8 Å². The summed E-state index contributed by atoms with van der Waals surface area (Å²) < 4.78 is 28.9. The number of fused-ring (bicyclic) bond motifs is 1. The molecule has 0 radical (unpaired) electrons. The van der Waals surface area contributed by atoms with Crippen LogP contribution in [0.2, 0.25) is 0 Å². The third-order valence-corrected chi connectivity index (χ3v) is 5.67. The lowest BCUT2D eigenvalue weighted by Crippen LogP contribution is -2.43. The van der Waals surface area contributed by atoms with Crippen LogP contribution in [-0.4, -0.2) is 51.8 Å². The average Bonchev–Trinajstić information content (AvgIpc) is 3.05. The Hall–Kier alpha value is -2.32. The van der Waals surface area contributed by atoms with E-state index < -0.39 is 12.7 Å². The zero-order valence-electron chi connectivity index (χ0n) is 15.4. The van der Waals surface area contributed by atoms with Gasteiger partial charge in [0.2, 0.25) is 0 Å². The molecule has 28 heavy (non-hydrogen) atoms. The topological polar surface area (TPSA) is 70.5 Å². The van der Waals surface area contributed by atoms with Gasteiger partial charge in [0.1, 0.15) is 11.6 Å². The summed E-state index contributed by atoms with van der Waals surface area (Å²) in [6.07, 6.45) is 6.17. The highest BCUT2D eigenvalue weighted by atomic mass is 19.3. The Labute approximate surface area is 162 Å². The van der Waals surface area contributed by atoms with E-state index in [1.165, 1.54) is 0 Å². The van der Waals surface area contributed by atoms with E-state index in [1.807, 2.05) is 12.1 Å². The molecule has 2 aliphatic rings. The third kappa shape index (κ3) is 4.56. The van der Waals surface area contributed by atoms with Gasteiger partial charge in [-0.2, -0.15) is 8.78 Å². The minimum atomic E-state index is -2.80. The highest BCUT2D eigenvalue weighted by Gasteiger charge is 2.41. The number of ether oxygens (including phenoxy) is 1. The Morgan fingerprint density at radius 2 is 1.89 bits per heavy atom. The zero-order chi connectivity index (χ0) is 19.5. The predicted molar refractivity (Wildman–Crippen MR) is 100 cm³/mol.